The van der Waals surface area contributed by atoms with Crippen LogP contribution in [-0.2, 0) is 5.33 Å². The molecule has 0 bridgehead atoms. The summed E-state index contributed by atoms with van der Waals surface area (Å²) >= 11 is 8.61. The maximum absolute atomic E-state index is 13.1. The van der Waals surface area contributed by atoms with Gasteiger partial charge >= 0.3 is 5.97 Å². The molecule has 0 aromatic heterocycles. The first-order chi connectivity index (χ1) is 6.06. The van der Waals surface area contributed by atoms with Gasteiger partial charge in [0.05, 0.1) is 5.56 Å². The van der Waals surface area contributed by atoms with E-state index in [-0.39, 0.29) is 15.9 Å². The van der Waals surface area contributed by atoms with E-state index in [1.54, 1.807) is 0 Å². The Hall–Kier alpha value is -0.610. The fourth-order valence-electron chi connectivity index (χ4n) is 0.972. The molecule has 0 aliphatic rings. The molecule has 1 N–H and O–H groups in total. The van der Waals surface area contributed by atoms with Crippen LogP contribution in [0, 0.1) is 5.82 Å². The van der Waals surface area contributed by atoms with E-state index in [1.807, 2.05) is 0 Å². The van der Waals surface area contributed by atoms with Crippen LogP contribution in [0.2, 0.25) is 5.02 Å². The SMILES string of the molecule is O=C(O)c1c(F)cc(Cl)cc1CBr. The van der Waals surface area contributed by atoms with E-state index >= 15 is 0 Å². The molecule has 0 aliphatic carbocycles. The minimum Gasteiger partial charge on any atom is -0.478 e. The summed E-state index contributed by atoms with van der Waals surface area (Å²) in [6.45, 7) is 0. The molecule has 0 radical (unpaired) electrons. The average Bonchev–Trinajstić information content (AvgIpc) is 2.01. The fraction of sp³-hybridized carbons (Fsp3) is 0.125. The molecule has 5 heteroatoms. The van der Waals surface area contributed by atoms with Crippen molar-refractivity contribution in [3.8, 4) is 0 Å². The molecular weight excluding hydrogens is 262 g/mol. The lowest BCUT2D eigenvalue weighted by atomic mass is 10.1. The predicted octanol–water partition coefficient (Wildman–Crippen LogP) is 3.07. The van der Waals surface area contributed by atoms with Crippen molar-refractivity contribution in [2.75, 3.05) is 0 Å². The second kappa shape index (κ2) is 4.07. The number of benzene rings is 1. The zero-order valence-electron chi connectivity index (χ0n) is 6.35. The number of rotatable bonds is 2. The third-order valence-corrected chi connectivity index (χ3v) is 2.32. The normalized spacial score (nSPS) is 10.1. The minimum atomic E-state index is -1.29. The zero-order chi connectivity index (χ0) is 10.0. The molecule has 0 fully saturated rings. The van der Waals surface area contributed by atoms with Gasteiger partial charge in [0.15, 0.2) is 0 Å². The van der Waals surface area contributed by atoms with Crippen molar-refractivity contribution >= 4 is 33.5 Å². The Labute approximate surface area is 87.5 Å². The van der Waals surface area contributed by atoms with Gasteiger partial charge in [-0.05, 0) is 17.7 Å². The van der Waals surface area contributed by atoms with Gasteiger partial charge in [-0.2, -0.15) is 0 Å². The molecule has 0 heterocycles. The summed E-state index contributed by atoms with van der Waals surface area (Å²) in [5.41, 5.74) is -0.00113. The van der Waals surface area contributed by atoms with Crippen LogP contribution in [0.5, 0.6) is 0 Å². The first-order valence-electron chi connectivity index (χ1n) is 3.33. The van der Waals surface area contributed by atoms with Gasteiger partial charge in [0.2, 0.25) is 0 Å². The molecule has 1 rings (SSSR count). The summed E-state index contributed by atoms with van der Waals surface area (Å²) < 4.78 is 13.1. The fourth-order valence-corrected chi connectivity index (χ4v) is 1.64. The van der Waals surface area contributed by atoms with Crippen LogP contribution in [0.15, 0.2) is 12.1 Å². The Morgan fingerprint density at radius 2 is 2.23 bits per heavy atom. The van der Waals surface area contributed by atoms with Gasteiger partial charge in [0.25, 0.3) is 0 Å². The van der Waals surface area contributed by atoms with Crippen molar-refractivity contribution in [3.63, 3.8) is 0 Å². The Kier molecular flexibility index (Phi) is 3.27. The highest BCUT2D eigenvalue weighted by atomic mass is 79.9. The highest BCUT2D eigenvalue weighted by molar-refractivity contribution is 9.08. The van der Waals surface area contributed by atoms with Crippen LogP contribution in [0.3, 0.4) is 0 Å². The molecule has 0 saturated heterocycles. The highest BCUT2D eigenvalue weighted by Crippen LogP contribution is 2.22. The third-order valence-electron chi connectivity index (χ3n) is 1.49. The van der Waals surface area contributed by atoms with Gasteiger partial charge in [0.1, 0.15) is 5.82 Å². The minimum absolute atomic E-state index is 0.192. The van der Waals surface area contributed by atoms with Crippen LogP contribution in [-0.4, -0.2) is 11.1 Å². The van der Waals surface area contributed by atoms with Gasteiger partial charge < -0.3 is 5.11 Å². The number of hydrogen-bond acceptors (Lipinski definition) is 1. The molecule has 0 spiro atoms. The van der Waals surface area contributed by atoms with Crippen molar-refractivity contribution in [2.45, 2.75) is 5.33 Å². The second-order valence-electron chi connectivity index (χ2n) is 2.36. The van der Waals surface area contributed by atoms with E-state index in [0.29, 0.717) is 5.56 Å². The smallest absolute Gasteiger partial charge is 0.338 e. The molecule has 70 valence electrons. The van der Waals surface area contributed by atoms with E-state index in [1.165, 1.54) is 6.07 Å². The first kappa shape index (κ1) is 10.5. The van der Waals surface area contributed by atoms with Crippen molar-refractivity contribution in [3.05, 3.63) is 34.1 Å². The molecule has 0 atom stereocenters. The summed E-state index contributed by atoms with van der Waals surface area (Å²) in [6, 6.07) is 2.40. The lowest BCUT2D eigenvalue weighted by molar-refractivity contribution is 0.0691. The van der Waals surface area contributed by atoms with Crippen molar-refractivity contribution < 1.29 is 14.3 Å². The lowest BCUT2D eigenvalue weighted by Gasteiger charge is -2.04. The standard InChI is InChI=1S/C8H5BrClFO2/c9-3-4-1-5(10)2-6(11)7(4)8(12)13/h1-2H,3H2,(H,12,13). The number of carboxylic acids is 1. The summed E-state index contributed by atoms with van der Waals surface area (Å²) in [6.07, 6.45) is 0. The Bertz CT molecular complexity index is 354. The van der Waals surface area contributed by atoms with Crippen LogP contribution < -0.4 is 0 Å². The van der Waals surface area contributed by atoms with Crippen molar-refractivity contribution in [1.29, 1.82) is 0 Å². The molecule has 1 aromatic carbocycles. The molecule has 1 aromatic rings. The summed E-state index contributed by atoms with van der Waals surface area (Å²) in [4.78, 5) is 10.6. The Balaban J connectivity index is 3.38. The van der Waals surface area contributed by atoms with Gasteiger partial charge in [0, 0.05) is 10.4 Å². The number of aromatic carboxylic acids is 1. The van der Waals surface area contributed by atoms with Crippen molar-refractivity contribution in [2.24, 2.45) is 0 Å². The van der Waals surface area contributed by atoms with E-state index in [2.05, 4.69) is 15.9 Å². The van der Waals surface area contributed by atoms with Crippen LogP contribution in [0.1, 0.15) is 15.9 Å². The number of hydrogen-bond donors (Lipinski definition) is 1. The maximum Gasteiger partial charge on any atom is 0.338 e. The van der Waals surface area contributed by atoms with Gasteiger partial charge in [-0.1, -0.05) is 27.5 Å². The van der Waals surface area contributed by atoms with Gasteiger partial charge in [-0.3, -0.25) is 0 Å². The maximum atomic E-state index is 13.1. The quantitative estimate of drug-likeness (QED) is 0.836. The van der Waals surface area contributed by atoms with Gasteiger partial charge in [-0.25, -0.2) is 9.18 Å². The van der Waals surface area contributed by atoms with Gasteiger partial charge in [-0.15, -0.1) is 0 Å². The van der Waals surface area contributed by atoms with E-state index in [0.717, 1.165) is 6.07 Å². The van der Waals surface area contributed by atoms with Crippen molar-refractivity contribution in [1.82, 2.24) is 0 Å². The molecule has 0 amide bonds. The van der Waals surface area contributed by atoms with E-state index in [4.69, 9.17) is 16.7 Å². The topological polar surface area (TPSA) is 37.3 Å². The Morgan fingerprint density at radius 1 is 1.62 bits per heavy atom. The number of alkyl halides is 1. The third kappa shape index (κ3) is 2.19. The van der Waals surface area contributed by atoms with Crippen LogP contribution >= 0.6 is 27.5 Å². The Morgan fingerprint density at radius 3 is 2.69 bits per heavy atom. The second-order valence-corrected chi connectivity index (χ2v) is 3.36. The van der Waals surface area contributed by atoms with E-state index in [9.17, 15) is 9.18 Å². The lowest BCUT2D eigenvalue weighted by Crippen LogP contribution is -2.04. The zero-order valence-corrected chi connectivity index (χ0v) is 8.69. The summed E-state index contributed by atoms with van der Waals surface area (Å²) in [7, 11) is 0. The monoisotopic (exact) mass is 266 g/mol. The van der Waals surface area contributed by atoms with Crippen LogP contribution in [0.25, 0.3) is 0 Å². The molecule has 0 aliphatic heterocycles. The predicted molar refractivity (Wildman–Crippen MR) is 51.0 cm³/mol. The molecule has 0 unspecified atom stereocenters. The molecule has 13 heavy (non-hydrogen) atoms. The molecule has 0 saturated carbocycles. The molecular formula is C8H5BrClFO2. The number of halogens is 3. The summed E-state index contributed by atoms with van der Waals surface area (Å²) in [5.74, 6) is -2.10. The van der Waals surface area contributed by atoms with Crippen LogP contribution in [0.4, 0.5) is 4.39 Å². The average molecular weight is 267 g/mol. The highest BCUT2D eigenvalue weighted by Gasteiger charge is 2.15. The van der Waals surface area contributed by atoms with E-state index < -0.39 is 11.8 Å². The molecule has 2 nitrogen and oxygen atoms in total. The largest absolute Gasteiger partial charge is 0.478 e. The summed E-state index contributed by atoms with van der Waals surface area (Å²) in [5, 5.41) is 9.11. The number of carboxylic acid groups (broad SMARTS) is 1. The first-order valence-corrected chi connectivity index (χ1v) is 4.83. The number of carbonyl (C=O) groups is 1.